The van der Waals surface area contributed by atoms with E-state index < -0.39 is 0 Å². The first-order chi connectivity index (χ1) is 13.6. The number of aryl methyl sites for hydroxylation is 2. The van der Waals surface area contributed by atoms with Crippen molar-refractivity contribution in [3.8, 4) is 5.75 Å². The van der Waals surface area contributed by atoms with Gasteiger partial charge < -0.3 is 19.9 Å². The Labute approximate surface area is 164 Å². The molecule has 1 N–H and O–H groups in total. The molecule has 4 rings (SSSR count). The van der Waals surface area contributed by atoms with Crippen LogP contribution in [0.15, 0.2) is 30.3 Å². The average Bonchev–Trinajstić information content (AvgIpc) is 3.18. The van der Waals surface area contributed by atoms with Gasteiger partial charge in [-0.1, -0.05) is 0 Å². The van der Waals surface area contributed by atoms with Gasteiger partial charge in [0.25, 0.3) is 5.91 Å². The molecule has 0 saturated carbocycles. The first-order valence-corrected chi connectivity index (χ1v) is 9.70. The number of benzene rings is 1. The summed E-state index contributed by atoms with van der Waals surface area (Å²) in [7, 11) is 1.60. The van der Waals surface area contributed by atoms with E-state index in [1.807, 2.05) is 10.7 Å². The Balaban J connectivity index is 1.31. The zero-order valence-electron chi connectivity index (χ0n) is 16.1. The van der Waals surface area contributed by atoms with Gasteiger partial charge in [-0.3, -0.25) is 9.48 Å². The number of carbonyl (C=O) groups excluding carboxylic acids is 2. The molecule has 1 saturated heterocycles. The lowest BCUT2D eigenvalue weighted by atomic mass is 10.1. The molecule has 1 aromatic carbocycles. The summed E-state index contributed by atoms with van der Waals surface area (Å²) in [6.45, 7) is 2.92. The van der Waals surface area contributed by atoms with E-state index in [2.05, 4.69) is 10.4 Å². The van der Waals surface area contributed by atoms with Crippen LogP contribution in [0, 0.1) is 0 Å². The van der Waals surface area contributed by atoms with Crippen LogP contribution in [0.4, 0.5) is 10.5 Å². The highest BCUT2D eigenvalue weighted by Crippen LogP contribution is 2.18. The Morgan fingerprint density at radius 1 is 1.00 bits per heavy atom. The van der Waals surface area contributed by atoms with Crippen LogP contribution in [0.2, 0.25) is 0 Å². The monoisotopic (exact) mass is 383 g/mol. The average molecular weight is 383 g/mol. The van der Waals surface area contributed by atoms with Gasteiger partial charge in [-0.25, -0.2) is 4.79 Å². The quantitative estimate of drug-likeness (QED) is 0.881. The van der Waals surface area contributed by atoms with E-state index in [0.29, 0.717) is 37.6 Å². The number of methoxy groups -OCH3 is 1. The Hall–Kier alpha value is -3.03. The Morgan fingerprint density at radius 2 is 1.71 bits per heavy atom. The minimum absolute atomic E-state index is 0.0443. The van der Waals surface area contributed by atoms with Crippen molar-refractivity contribution in [2.45, 2.75) is 25.8 Å². The summed E-state index contributed by atoms with van der Waals surface area (Å²) in [5.41, 5.74) is 2.38. The molecule has 8 heteroatoms. The second-order valence-electron chi connectivity index (χ2n) is 7.14. The predicted octanol–water partition coefficient (Wildman–Crippen LogP) is 2.22. The number of rotatable bonds is 3. The van der Waals surface area contributed by atoms with E-state index in [1.54, 1.807) is 41.2 Å². The predicted molar refractivity (Wildman–Crippen MR) is 105 cm³/mol. The number of anilines is 1. The normalized spacial score (nSPS) is 16.5. The largest absolute Gasteiger partial charge is 0.497 e. The lowest BCUT2D eigenvalue weighted by Gasteiger charge is -2.34. The van der Waals surface area contributed by atoms with Crippen LogP contribution in [0.1, 0.15) is 29.0 Å². The maximum atomic E-state index is 12.8. The Morgan fingerprint density at radius 3 is 2.39 bits per heavy atom. The molecule has 3 heterocycles. The Kier molecular flexibility index (Phi) is 5.18. The number of carbonyl (C=O) groups is 2. The molecule has 0 atom stereocenters. The number of hydrogen-bond donors (Lipinski definition) is 1. The van der Waals surface area contributed by atoms with Gasteiger partial charge in [-0.15, -0.1) is 0 Å². The summed E-state index contributed by atoms with van der Waals surface area (Å²) in [5, 5.41) is 7.36. The van der Waals surface area contributed by atoms with Gasteiger partial charge in [-0.2, -0.15) is 5.10 Å². The third-order valence-electron chi connectivity index (χ3n) is 5.33. The third kappa shape index (κ3) is 3.81. The first-order valence-electron chi connectivity index (χ1n) is 9.70. The summed E-state index contributed by atoms with van der Waals surface area (Å²) in [6.07, 6.45) is 3.26. The summed E-state index contributed by atoms with van der Waals surface area (Å²) >= 11 is 0. The molecule has 0 bridgehead atoms. The summed E-state index contributed by atoms with van der Waals surface area (Å²) in [5.74, 6) is 0.697. The van der Waals surface area contributed by atoms with E-state index in [-0.39, 0.29) is 11.9 Å². The Bertz CT molecular complexity index is 830. The fourth-order valence-electron chi connectivity index (χ4n) is 3.67. The number of amides is 3. The van der Waals surface area contributed by atoms with E-state index in [4.69, 9.17) is 4.74 Å². The number of nitrogens with zero attached hydrogens (tertiary/aromatic N) is 4. The van der Waals surface area contributed by atoms with Crippen LogP contribution in [0.3, 0.4) is 0 Å². The lowest BCUT2D eigenvalue weighted by Crippen LogP contribution is -2.51. The van der Waals surface area contributed by atoms with Crippen molar-refractivity contribution >= 4 is 17.6 Å². The van der Waals surface area contributed by atoms with Crippen LogP contribution >= 0.6 is 0 Å². The molecule has 3 amide bonds. The van der Waals surface area contributed by atoms with Crippen molar-refractivity contribution in [3.05, 3.63) is 41.7 Å². The van der Waals surface area contributed by atoms with Gasteiger partial charge in [0, 0.05) is 44.1 Å². The SMILES string of the molecule is COc1ccc(NC(=O)N2CCN(C(=O)c3cc4n(n3)CCCC4)CC2)cc1. The topological polar surface area (TPSA) is 79.7 Å². The van der Waals surface area contributed by atoms with E-state index >= 15 is 0 Å². The van der Waals surface area contributed by atoms with E-state index in [1.165, 1.54) is 0 Å². The van der Waals surface area contributed by atoms with Crippen molar-refractivity contribution in [3.63, 3.8) is 0 Å². The molecule has 0 spiro atoms. The number of piperazine rings is 1. The van der Waals surface area contributed by atoms with Gasteiger partial charge in [0.1, 0.15) is 5.75 Å². The van der Waals surface area contributed by atoms with Gasteiger partial charge in [0.05, 0.1) is 7.11 Å². The molecular formula is C20H25N5O3. The summed E-state index contributed by atoms with van der Waals surface area (Å²) in [6, 6.07) is 8.97. The summed E-state index contributed by atoms with van der Waals surface area (Å²) in [4.78, 5) is 28.7. The molecule has 2 aromatic rings. The van der Waals surface area contributed by atoms with Crippen LogP contribution < -0.4 is 10.1 Å². The molecule has 0 radical (unpaired) electrons. The number of nitrogens with one attached hydrogen (secondary N) is 1. The molecule has 2 aliphatic heterocycles. The fourth-order valence-corrected chi connectivity index (χ4v) is 3.67. The molecular weight excluding hydrogens is 358 g/mol. The van der Waals surface area contributed by atoms with Crippen LogP contribution in [-0.4, -0.2) is 64.8 Å². The standard InChI is InChI=1S/C20H25N5O3/c1-28-17-7-5-15(6-8-17)21-20(27)24-12-10-23(11-13-24)19(26)18-14-16-4-2-3-9-25(16)22-18/h5-8,14H,2-4,9-13H2,1H3,(H,21,27). The van der Waals surface area contributed by atoms with Crippen LogP contribution in [0.25, 0.3) is 0 Å². The number of fused-ring (bicyclic) bond motifs is 1. The fraction of sp³-hybridized carbons (Fsp3) is 0.450. The second kappa shape index (κ2) is 7.92. The third-order valence-corrected chi connectivity index (χ3v) is 5.33. The van der Waals surface area contributed by atoms with Crippen LogP contribution in [0.5, 0.6) is 5.75 Å². The smallest absolute Gasteiger partial charge is 0.321 e. The van der Waals surface area contributed by atoms with Crippen molar-refractivity contribution in [1.82, 2.24) is 19.6 Å². The van der Waals surface area contributed by atoms with Gasteiger partial charge >= 0.3 is 6.03 Å². The lowest BCUT2D eigenvalue weighted by molar-refractivity contribution is 0.0665. The minimum Gasteiger partial charge on any atom is -0.497 e. The highest BCUT2D eigenvalue weighted by atomic mass is 16.5. The highest BCUT2D eigenvalue weighted by Gasteiger charge is 2.27. The number of aromatic nitrogens is 2. The second-order valence-corrected chi connectivity index (χ2v) is 7.14. The molecule has 1 fully saturated rings. The van der Waals surface area contributed by atoms with Crippen molar-refractivity contribution in [1.29, 1.82) is 0 Å². The van der Waals surface area contributed by atoms with Crippen molar-refractivity contribution in [2.75, 3.05) is 38.6 Å². The molecule has 2 aliphatic rings. The molecule has 1 aromatic heterocycles. The van der Waals surface area contributed by atoms with E-state index in [0.717, 1.165) is 37.3 Å². The number of urea groups is 1. The zero-order valence-corrected chi connectivity index (χ0v) is 16.1. The van der Waals surface area contributed by atoms with Crippen molar-refractivity contribution in [2.24, 2.45) is 0 Å². The molecule has 0 aliphatic carbocycles. The molecule has 8 nitrogen and oxygen atoms in total. The molecule has 28 heavy (non-hydrogen) atoms. The van der Waals surface area contributed by atoms with Gasteiger partial charge in [0.2, 0.25) is 0 Å². The minimum atomic E-state index is -0.158. The van der Waals surface area contributed by atoms with E-state index in [9.17, 15) is 9.59 Å². The van der Waals surface area contributed by atoms with Crippen LogP contribution in [-0.2, 0) is 13.0 Å². The van der Waals surface area contributed by atoms with Gasteiger partial charge in [-0.05, 0) is 49.6 Å². The number of hydrogen-bond acceptors (Lipinski definition) is 4. The maximum absolute atomic E-state index is 12.8. The zero-order chi connectivity index (χ0) is 19.5. The van der Waals surface area contributed by atoms with Crippen molar-refractivity contribution < 1.29 is 14.3 Å². The highest BCUT2D eigenvalue weighted by molar-refractivity contribution is 5.93. The van der Waals surface area contributed by atoms with Gasteiger partial charge in [0.15, 0.2) is 5.69 Å². The first kappa shape index (κ1) is 18.3. The number of ether oxygens (including phenoxy) is 1. The molecule has 148 valence electrons. The summed E-state index contributed by atoms with van der Waals surface area (Å²) < 4.78 is 7.07. The maximum Gasteiger partial charge on any atom is 0.321 e. The molecule has 0 unspecified atom stereocenters.